The van der Waals surface area contributed by atoms with Crippen molar-refractivity contribution < 1.29 is 0 Å². The summed E-state index contributed by atoms with van der Waals surface area (Å²) in [6.07, 6.45) is 7.07. The highest BCUT2D eigenvalue weighted by atomic mass is 15.2. The van der Waals surface area contributed by atoms with E-state index in [1.807, 2.05) is 0 Å². The zero-order valence-electron chi connectivity index (χ0n) is 14.1. The molecule has 0 spiro atoms. The third-order valence-electron chi connectivity index (χ3n) is 4.93. The van der Waals surface area contributed by atoms with Crippen molar-refractivity contribution in [2.45, 2.75) is 70.9 Å². The molecule has 0 saturated carbocycles. The van der Waals surface area contributed by atoms with Gasteiger partial charge in [-0.15, -0.1) is 0 Å². The highest BCUT2D eigenvalue weighted by molar-refractivity contribution is 5.41. The first-order valence-corrected chi connectivity index (χ1v) is 8.78. The first kappa shape index (κ1) is 16.5. The van der Waals surface area contributed by atoms with E-state index in [9.17, 15) is 0 Å². The normalized spacial score (nSPS) is 24.5. The minimum absolute atomic E-state index is 0.156. The lowest BCUT2D eigenvalue weighted by Gasteiger charge is -2.40. The lowest BCUT2D eigenvalue weighted by Crippen LogP contribution is -2.54. The van der Waals surface area contributed by atoms with Crippen LogP contribution in [0.5, 0.6) is 0 Å². The van der Waals surface area contributed by atoms with Crippen molar-refractivity contribution in [2.24, 2.45) is 5.73 Å². The molecule has 2 atom stereocenters. The Hall–Kier alpha value is -0.860. The van der Waals surface area contributed by atoms with E-state index in [2.05, 4.69) is 49.9 Å². The molecule has 0 amide bonds. The van der Waals surface area contributed by atoms with Gasteiger partial charge >= 0.3 is 0 Å². The Labute approximate surface area is 130 Å². The van der Waals surface area contributed by atoms with Crippen LogP contribution in [-0.2, 0) is 12.0 Å². The second kappa shape index (κ2) is 7.42. The Morgan fingerprint density at radius 1 is 1.10 bits per heavy atom. The van der Waals surface area contributed by atoms with Gasteiger partial charge in [0.1, 0.15) is 0 Å². The highest BCUT2D eigenvalue weighted by Gasteiger charge is 2.45. The molecule has 2 rings (SSSR count). The van der Waals surface area contributed by atoms with Gasteiger partial charge in [0.2, 0.25) is 0 Å². The van der Waals surface area contributed by atoms with E-state index < -0.39 is 0 Å². The van der Waals surface area contributed by atoms with Crippen LogP contribution in [0.4, 0.5) is 0 Å². The lowest BCUT2D eigenvalue weighted by atomic mass is 9.83. The van der Waals surface area contributed by atoms with Crippen LogP contribution in [0.15, 0.2) is 24.3 Å². The maximum Gasteiger partial charge on any atom is 0.0573 e. The lowest BCUT2D eigenvalue weighted by molar-refractivity contribution is 0.122. The smallest absolute Gasteiger partial charge is 0.0573 e. The van der Waals surface area contributed by atoms with Crippen molar-refractivity contribution in [1.82, 2.24) is 4.90 Å². The molecule has 1 aliphatic carbocycles. The largest absolute Gasteiger partial charge is 0.320 e. The maximum absolute atomic E-state index is 7.02. The van der Waals surface area contributed by atoms with E-state index in [-0.39, 0.29) is 5.54 Å². The zero-order chi connectivity index (χ0) is 15.3. The molecule has 1 aromatic rings. The Morgan fingerprint density at radius 2 is 1.76 bits per heavy atom. The van der Waals surface area contributed by atoms with Gasteiger partial charge in [0.25, 0.3) is 0 Å². The van der Waals surface area contributed by atoms with Crippen LogP contribution in [-0.4, -0.2) is 24.0 Å². The molecule has 0 saturated heterocycles. The molecule has 21 heavy (non-hydrogen) atoms. The van der Waals surface area contributed by atoms with Gasteiger partial charge in [-0.25, -0.2) is 0 Å². The van der Waals surface area contributed by atoms with Gasteiger partial charge in [-0.3, -0.25) is 4.90 Å². The van der Waals surface area contributed by atoms with Crippen molar-refractivity contribution in [2.75, 3.05) is 13.1 Å². The summed E-state index contributed by atoms with van der Waals surface area (Å²) >= 11 is 0. The van der Waals surface area contributed by atoms with E-state index in [1.165, 1.54) is 36.8 Å². The first-order valence-electron chi connectivity index (χ1n) is 8.78. The second-order valence-corrected chi connectivity index (χ2v) is 6.56. The van der Waals surface area contributed by atoms with Crippen LogP contribution in [0.3, 0.4) is 0 Å². The third kappa shape index (κ3) is 3.32. The molecule has 0 heterocycles. The quantitative estimate of drug-likeness (QED) is 0.781. The summed E-state index contributed by atoms with van der Waals surface area (Å²) in [5.74, 6) is 0. The fourth-order valence-corrected chi connectivity index (χ4v) is 3.95. The number of nitrogens with zero attached hydrogens (tertiary/aromatic N) is 1. The molecule has 1 aromatic carbocycles. The van der Waals surface area contributed by atoms with Crippen LogP contribution < -0.4 is 5.73 Å². The van der Waals surface area contributed by atoms with Crippen LogP contribution >= 0.6 is 0 Å². The van der Waals surface area contributed by atoms with Gasteiger partial charge in [0, 0.05) is 6.04 Å². The molecule has 118 valence electrons. The third-order valence-corrected chi connectivity index (χ3v) is 4.93. The molecule has 2 heteroatoms. The first-order chi connectivity index (χ1) is 10.2. The van der Waals surface area contributed by atoms with Gasteiger partial charge in [0.15, 0.2) is 0 Å². The van der Waals surface area contributed by atoms with Gasteiger partial charge < -0.3 is 5.73 Å². The monoisotopic (exact) mass is 288 g/mol. The van der Waals surface area contributed by atoms with Crippen LogP contribution in [0, 0.1) is 0 Å². The van der Waals surface area contributed by atoms with Gasteiger partial charge in [-0.05, 0) is 49.9 Å². The maximum atomic E-state index is 7.02. The number of hydrogen-bond donors (Lipinski definition) is 1. The summed E-state index contributed by atoms with van der Waals surface area (Å²) in [5, 5.41) is 0. The molecule has 0 aliphatic heterocycles. The van der Waals surface area contributed by atoms with Gasteiger partial charge in [-0.1, -0.05) is 57.9 Å². The SMILES string of the molecule is CCCCC1(N)c2ccccc2CC1N(CCC)CCC. The summed E-state index contributed by atoms with van der Waals surface area (Å²) in [6.45, 7) is 9.13. The molecule has 0 fully saturated rings. The van der Waals surface area contributed by atoms with E-state index >= 15 is 0 Å². The topological polar surface area (TPSA) is 29.3 Å². The van der Waals surface area contributed by atoms with Crippen molar-refractivity contribution in [3.8, 4) is 0 Å². The number of hydrogen-bond acceptors (Lipinski definition) is 2. The van der Waals surface area contributed by atoms with Crippen LogP contribution in [0.2, 0.25) is 0 Å². The summed E-state index contributed by atoms with van der Waals surface area (Å²) in [5.41, 5.74) is 9.74. The van der Waals surface area contributed by atoms with Crippen molar-refractivity contribution in [3.63, 3.8) is 0 Å². The molecule has 0 bridgehead atoms. The molecule has 2 N–H and O–H groups in total. The van der Waals surface area contributed by atoms with Crippen LogP contribution in [0.1, 0.15) is 64.0 Å². The Balaban J connectivity index is 2.31. The van der Waals surface area contributed by atoms with E-state index in [0.717, 1.165) is 25.9 Å². The average molecular weight is 288 g/mol. The summed E-state index contributed by atoms with van der Waals surface area (Å²) < 4.78 is 0. The fraction of sp³-hybridized carbons (Fsp3) is 0.684. The molecule has 0 aromatic heterocycles. The van der Waals surface area contributed by atoms with Gasteiger partial charge in [-0.2, -0.15) is 0 Å². The summed E-state index contributed by atoms with van der Waals surface area (Å²) in [4.78, 5) is 2.65. The predicted molar refractivity (Wildman–Crippen MR) is 91.5 cm³/mol. The standard InChI is InChI=1S/C19H32N2/c1-4-7-12-19(20)17-11-9-8-10-16(17)15-18(19)21(13-5-2)14-6-3/h8-11,18H,4-7,12-15,20H2,1-3H3. The predicted octanol–water partition coefficient (Wildman–Crippen LogP) is 4.08. The number of unbranched alkanes of at least 4 members (excludes halogenated alkanes) is 1. The molecule has 0 radical (unpaired) electrons. The zero-order valence-corrected chi connectivity index (χ0v) is 14.1. The minimum Gasteiger partial charge on any atom is -0.320 e. The number of fused-ring (bicyclic) bond motifs is 1. The van der Waals surface area contributed by atoms with Crippen LogP contribution in [0.25, 0.3) is 0 Å². The van der Waals surface area contributed by atoms with E-state index in [1.54, 1.807) is 0 Å². The van der Waals surface area contributed by atoms with Gasteiger partial charge in [0.05, 0.1) is 5.54 Å². The van der Waals surface area contributed by atoms with E-state index in [4.69, 9.17) is 5.73 Å². The fourth-order valence-electron chi connectivity index (χ4n) is 3.95. The molecule has 2 unspecified atom stereocenters. The highest BCUT2D eigenvalue weighted by Crippen LogP contribution is 2.41. The second-order valence-electron chi connectivity index (χ2n) is 6.56. The Kier molecular flexibility index (Phi) is 5.83. The molecular weight excluding hydrogens is 256 g/mol. The van der Waals surface area contributed by atoms with Crippen molar-refractivity contribution in [1.29, 1.82) is 0 Å². The minimum atomic E-state index is -0.156. The van der Waals surface area contributed by atoms with Crippen molar-refractivity contribution >= 4 is 0 Å². The van der Waals surface area contributed by atoms with E-state index in [0.29, 0.717) is 6.04 Å². The number of rotatable bonds is 8. The average Bonchev–Trinajstić information content (AvgIpc) is 2.79. The summed E-state index contributed by atoms with van der Waals surface area (Å²) in [7, 11) is 0. The molecule has 1 aliphatic rings. The Morgan fingerprint density at radius 3 is 2.38 bits per heavy atom. The summed E-state index contributed by atoms with van der Waals surface area (Å²) in [6, 6.07) is 9.32. The van der Waals surface area contributed by atoms with Crippen molar-refractivity contribution in [3.05, 3.63) is 35.4 Å². The molecule has 2 nitrogen and oxygen atoms in total. The Bertz CT molecular complexity index is 437. The number of nitrogens with two attached hydrogens (primary N) is 1. The molecular formula is C19H32N2. The number of benzene rings is 1.